The molecule has 1 unspecified atom stereocenters. The van der Waals surface area contributed by atoms with Gasteiger partial charge < -0.3 is 11.1 Å². The van der Waals surface area contributed by atoms with E-state index >= 15 is 0 Å². The van der Waals surface area contributed by atoms with Gasteiger partial charge in [0.25, 0.3) is 0 Å². The topological polar surface area (TPSA) is 55.1 Å². The Morgan fingerprint density at radius 1 is 1.14 bits per heavy atom. The Morgan fingerprint density at radius 2 is 1.76 bits per heavy atom. The molecule has 0 aliphatic heterocycles. The average molecular weight is 347 g/mol. The molecule has 1 amide bonds. The maximum absolute atomic E-state index is 12.2. The van der Waals surface area contributed by atoms with E-state index in [1.165, 1.54) is 0 Å². The van der Waals surface area contributed by atoms with Crippen LogP contribution in [0.3, 0.4) is 0 Å². The molecule has 0 aliphatic rings. The lowest BCUT2D eigenvalue weighted by atomic mass is 10.0. The van der Waals surface area contributed by atoms with Crippen molar-refractivity contribution < 1.29 is 4.79 Å². The molecule has 3 nitrogen and oxygen atoms in total. The molecule has 0 aliphatic carbocycles. The second-order valence-corrected chi connectivity index (χ2v) is 5.91. The molecule has 0 bridgehead atoms. The third-order valence-corrected chi connectivity index (χ3v) is 3.97. The number of carbonyl (C=O) groups is 1. The molecule has 3 N–H and O–H groups in total. The van der Waals surface area contributed by atoms with E-state index in [0.29, 0.717) is 13.0 Å². The Morgan fingerprint density at radius 3 is 2.38 bits per heavy atom. The lowest BCUT2D eigenvalue weighted by Crippen LogP contribution is -2.28. The molecule has 2 rings (SSSR count). The highest BCUT2D eigenvalue weighted by atomic mass is 79.9. The van der Waals surface area contributed by atoms with Crippen LogP contribution in [0, 0.1) is 0 Å². The van der Waals surface area contributed by atoms with Gasteiger partial charge in [0.15, 0.2) is 0 Å². The third kappa shape index (κ3) is 4.41. The fourth-order valence-electron chi connectivity index (χ4n) is 2.23. The predicted molar refractivity (Wildman–Crippen MR) is 88.7 cm³/mol. The summed E-state index contributed by atoms with van der Waals surface area (Å²) in [5, 5.41) is 3.02. The van der Waals surface area contributed by atoms with Crippen molar-refractivity contribution in [3.63, 3.8) is 0 Å². The first-order chi connectivity index (χ1) is 10.1. The van der Waals surface area contributed by atoms with Crippen LogP contribution in [0.4, 0.5) is 0 Å². The van der Waals surface area contributed by atoms with E-state index in [9.17, 15) is 4.79 Å². The van der Waals surface area contributed by atoms with E-state index in [2.05, 4.69) is 21.2 Å². The number of amides is 1. The predicted octanol–water partition coefficient (Wildman–Crippen LogP) is 3.33. The van der Waals surface area contributed by atoms with Crippen LogP contribution in [0.5, 0.6) is 0 Å². The quantitative estimate of drug-likeness (QED) is 0.872. The summed E-state index contributed by atoms with van der Waals surface area (Å²) in [7, 11) is 0. The lowest BCUT2D eigenvalue weighted by Gasteiger charge is -2.15. The monoisotopic (exact) mass is 346 g/mol. The number of carbonyl (C=O) groups excluding carboxylic acids is 1. The number of benzene rings is 2. The molecular weight excluding hydrogens is 328 g/mol. The normalized spacial score (nSPS) is 12.0. The zero-order chi connectivity index (χ0) is 15.2. The van der Waals surface area contributed by atoms with E-state index in [-0.39, 0.29) is 11.9 Å². The molecule has 2 aromatic carbocycles. The van der Waals surface area contributed by atoms with E-state index in [1.807, 2.05) is 55.5 Å². The number of nitrogens with two attached hydrogens (primary N) is 1. The molecule has 4 heteroatoms. The summed E-state index contributed by atoms with van der Waals surface area (Å²) in [4.78, 5) is 12.2. The second-order valence-electron chi connectivity index (χ2n) is 4.99. The summed E-state index contributed by atoms with van der Waals surface area (Å²) in [6.45, 7) is 2.43. The number of hydrogen-bond acceptors (Lipinski definition) is 2. The first kappa shape index (κ1) is 15.7. The third-order valence-electron chi connectivity index (χ3n) is 3.44. The minimum Gasteiger partial charge on any atom is -0.349 e. The lowest BCUT2D eigenvalue weighted by molar-refractivity contribution is -0.121. The van der Waals surface area contributed by atoms with Crippen LogP contribution >= 0.6 is 15.9 Å². The van der Waals surface area contributed by atoms with Crippen LogP contribution in [-0.2, 0) is 17.8 Å². The summed E-state index contributed by atoms with van der Waals surface area (Å²) in [5.41, 5.74) is 8.78. The zero-order valence-corrected chi connectivity index (χ0v) is 13.6. The summed E-state index contributed by atoms with van der Waals surface area (Å²) in [6.07, 6.45) is 0.355. The molecule has 110 valence electrons. The molecule has 0 spiro atoms. The highest BCUT2D eigenvalue weighted by Crippen LogP contribution is 2.17. The van der Waals surface area contributed by atoms with E-state index in [0.717, 1.165) is 21.2 Å². The summed E-state index contributed by atoms with van der Waals surface area (Å²) in [6, 6.07) is 15.7. The number of hydrogen-bond donors (Lipinski definition) is 2. The van der Waals surface area contributed by atoms with Gasteiger partial charge in [0.2, 0.25) is 5.91 Å². The van der Waals surface area contributed by atoms with Gasteiger partial charge in [-0.25, -0.2) is 0 Å². The smallest absolute Gasteiger partial charge is 0.224 e. The zero-order valence-electron chi connectivity index (χ0n) is 12.0. The standard InChI is InChI=1S/C17H19BrN2O/c1-12(13-6-8-16(18)9-7-13)20-17(21)10-14-4-2-3-5-15(14)11-19/h2-9,12H,10-11,19H2,1H3,(H,20,21). The van der Waals surface area contributed by atoms with Crippen LogP contribution in [0.25, 0.3) is 0 Å². The average Bonchev–Trinajstić information content (AvgIpc) is 2.48. The first-order valence-corrected chi connectivity index (χ1v) is 7.71. The Kier molecular flexibility index (Phi) is 5.53. The van der Waals surface area contributed by atoms with Crippen molar-refractivity contribution in [2.24, 2.45) is 5.73 Å². The molecular formula is C17H19BrN2O. The Labute approximate surface area is 133 Å². The summed E-state index contributed by atoms with van der Waals surface area (Å²) >= 11 is 3.41. The fraction of sp³-hybridized carbons (Fsp3) is 0.235. The van der Waals surface area contributed by atoms with Crippen molar-refractivity contribution in [3.05, 3.63) is 69.7 Å². The SMILES string of the molecule is CC(NC(=O)Cc1ccccc1CN)c1ccc(Br)cc1. The molecule has 0 aromatic heterocycles. The maximum atomic E-state index is 12.2. The van der Waals surface area contributed by atoms with Crippen LogP contribution in [0.2, 0.25) is 0 Å². The van der Waals surface area contributed by atoms with E-state index in [1.54, 1.807) is 0 Å². The van der Waals surface area contributed by atoms with Gasteiger partial charge in [-0.2, -0.15) is 0 Å². The molecule has 0 radical (unpaired) electrons. The van der Waals surface area contributed by atoms with Gasteiger partial charge in [-0.3, -0.25) is 4.79 Å². The highest BCUT2D eigenvalue weighted by Gasteiger charge is 2.11. The molecule has 1 atom stereocenters. The number of rotatable bonds is 5. The van der Waals surface area contributed by atoms with Crippen LogP contribution in [0.15, 0.2) is 53.0 Å². The van der Waals surface area contributed by atoms with Crippen molar-refractivity contribution in [2.45, 2.75) is 25.9 Å². The van der Waals surface area contributed by atoms with Gasteiger partial charge >= 0.3 is 0 Å². The first-order valence-electron chi connectivity index (χ1n) is 6.92. The van der Waals surface area contributed by atoms with E-state index < -0.39 is 0 Å². The molecule has 0 saturated heterocycles. The van der Waals surface area contributed by atoms with Crippen LogP contribution in [0.1, 0.15) is 29.7 Å². The molecule has 0 heterocycles. The molecule has 0 fully saturated rings. The van der Waals surface area contributed by atoms with Gasteiger partial charge in [-0.05, 0) is 35.7 Å². The van der Waals surface area contributed by atoms with Crippen molar-refractivity contribution in [2.75, 3.05) is 0 Å². The van der Waals surface area contributed by atoms with Crippen molar-refractivity contribution in [1.29, 1.82) is 0 Å². The Balaban J connectivity index is 1.99. The largest absolute Gasteiger partial charge is 0.349 e. The molecule has 21 heavy (non-hydrogen) atoms. The fourth-order valence-corrected chi connectivity index (χ4v) is 2.49. The van der Waals surface area contributed by atoms with Gasteiger partial charge in [0.05, 0.1) is 12.5 Å². The summed E-state index contributed by atoms with van der Waals surface area (Å²) < 4.78 is 1.03. The van der Waals surface area contributed by atoms with Crippen molar-refractivity contribution in [3.8, 4) is 0 Å². The van der Waals surface area contributed by atoms with Crippen LogP contribution < -0.4 is 11.1 Å². The van der Waals surface area contributed by atoms with Gasteiger partial charge in [-0.1, -0.05) is 52.3 Å². The minimum absolute atomic E-state index is 0.00585. The number of halogens is 1. The second kappa shape index (κ2) is 7.38. The van der Waals surface area contributed by atoms with Gasteiger partial charge in [0, 0.05) is 11.0 Å². The molecule has 2 aromatic rings. The highest BCUT2D eigenvalue weighted by molar-refractivity contribution is 9.10. The minimum atomic E-state index is -0.0179. The van der Waals surface area contributed by atoms with Gasteiger partial charge in [-0.15, -0.1) is 0 Å². The Hall–Kier alpha value is -1.65. The Bertz CT molecular complexity index is 610. The van der Waals surface area contributed by atoms with Crippen molar-refractivity contribution in [1.82, 2.24) is 5.32 Å². The van der Waals surface area contributed by atoms with E-state index in [4.69, 9.17) is 5.73 Å². The van der Waals surface area contributed by atoms with Crippen molar-refractivity contribution >= 4 is 21.8 Å². The number of nitrogens with one attached hydrogen (secondary N) is 1. The van der Waals surface area contributed by atoms with Gasteiger partial charge in [0.1, 0.15) is 0 Å². The van der Waals surface area contributed by atoms with Crippen LogP contribution in [-0.4, -0.2) is 5.91 Å². The molecule has 0 saturated carbocycles. The summed E-state index contributed by atoms with van der Waals surface area (Å²) in [5.74, 6) is 0.00585. The maximum Gasteiger partial charge on any atom is 0.224 e.